The first-order valence-corrected chi connectivity index (χ1v) is 5.76. The van der Waals surface area contributed by atoms with E-state index in [1.54, 1.807) is 0 Å². The van der Waals surface area contributed by atoms with E-state index in [-0.39, 0.29) is 0 Å². The largest absolute Gasteiger partial charge is 0.316 e. The number of rotatable bonds is 3. The van der Waals surface area contributed by atoms with Crippen LogP contribution in [0.3, 0.4) is 0 Å². The van der Waals surface area contributed by atoms with E-state index in [1.807, 2.05) is 0 Å². The van der Waals surface area contributed by atoms with Crippen LogP contribution in [0.25, 0.3) is 0 Å². The first kappa shape index (κ1) is 8.78. The lowest BCUT2D eigenvalue weighted by molar-refractivity contribution is -0.901. The molecule has 0 unspecified atom stereocenters. The first-order chi connectivity index (χ1) is 4.83. The van der Waals surface area contributed by atoms with Gasteiger partial charge in [0.15, 0.2) is 0 Å². The molecule has 1 rings (SSSR count). The standard InChI is InChI=1S/C8H17IN/c1-2-5-10(8-9)6-3-4-7-10/h2-8H2,1H3/q+1. The summed E-state index contributed by atoms with van der Waals surface area (Å²) in [6.45, 7) is 6.58. The minimum atomic E-state index is 1.32. The molecule has 1 heterocycles. The van der Waals surface area contributed by atoms with Crippen LogP contribution >= 0.6 is 22.6 Å². The Hall–Kier alpha value is 0.690. The van der Waals surface area contributed by atoms with Crippen LogP contribution in [0.2, 0.25) is 0 Å². The second-order valence-corrected chi connectivity index (χ2v) is 4.02. The van der Waals surface area contributed by atoms with E-state index >= 15 is 0 Å². The Balaban J connectivity index is 2.41. The third-order valence-corrected chi connectivity index (χ3v) is 3.91. The summed E-state index contributed by atoms with van der Waals surface area (Å²) in [5.41, 5.74) is 0. The second kappa shape index (κ2) is 3.90. The van der Waals surface area contributed by atoms with Gasteiger partial charge in [-0.2, -0.15) is 0 Å². The fourth-order valence-corrected chi connectivity index (χ4v) is 2.91. The number of likely N-dealkylation sites (tertiary alicyclic amines) is 1. The summed E-state index contributed by atoms with van der Waals surface area (Å²) in [5, 5.41) is 0. The zero-order chi connectivity index (χ0) is 7.45. The summed E-state index contributed by atoms with van der Waals surface area (Å²) >= 11 is 2.54. The zero-order valence-corrected chi connectivity index (χ0v) is 8.93. The molecule has 1 nitrogen and oxygen atoms in total. The van der Waals surface area contributed by atoms with Gasteiger partial charge in [0.05, 0.1) is 19.6 Å². The number of nitrogens with zero attached hydrogens (tertiary/aromatic N) is 1. The molecule has 0 aromatic heterocycles. The number of hydrogen-bond donors (Lipinski definition) is 0. The molecule has 0 radical (unpaired) electrons. The Morgan fingerprint density at radius 2 is 1.90 bits per heavy atom. The SMILES string of the molecule is CCC[N+]1(CI)CCCC1. The maximum Gasteiger partial charge on any atom is 0.129 e. The van der Waals surface area contributed by atoms with Crippen molar-refractivity contribution in [1.29, 1.82) is 0 Å². The molecule has 1 aliphatic heterocycles. The molecule has 1 fully saturated rings. The van der Waals surface area contributed by atoms with Crippen molar-refractivity contribution >= 4 is 22.6 Å². The van der Waals surface area contributed by atoms with Crippen LogP contribution in [0.5, 0.6) is 0 Å². The van der Waals surface area contributed by atoms with Crippen LogP contribution in [0.4, 0.5) is 0 Å². The van der Waals surface area contributed by atoms with E-state index in [9.17, 15) is 0 Å². The van der Waals surface area contributed by atoms with Crippen molar-refractivity contribution in [1.82, 2.24) is 0 Å². The number of quaternary nitrogens is 1. The van der Waals surface area contributed by atoms with E-state index in [4.69, 9.17) is 0 Å². The smallest absolute Gasteiger partial charge is 0.129 e. The summed E-state index contributed by atoms with van der Waals surface area (Å²) in [4.78, 5) is 0. The van der Waals surface area contributed by atoms with E-state index in [0.717, 1.165) is 0 Å². The van der Waals surface area contributed by atoms with Gasteiger partial charge in [0, 0.05) is 12.8 Å². The van der Waals surface area contributed by atoms with E-state index < -0.39 is 0 Å². The van der Waals surface area contributed by atoms with Crippen LogP contribution in [0, 0.1) is 0 Å². The van der Waals surface area contributed by atoms with Crippen LogP contribution in [-0.4, -0.2) is 28.7 Å². The highest BCUT2D eigenvalue weighted by atomic mass is 127. The van der Waals surface area contributed by atoms with Gasteiger partial charge in [-0.1, -0.05) is 6.92 Å². The summed E-state index contributed by atoms with van der Waals surface area (Å²) in [6, 6.07) is 0. The second-order valence-electron chi connectivity index (χ2n) is 3.34. The average Bonchev–Trinajstić information content (AvgIpc) is 2.39. The normalized spacial score (nSPS) is 23.4. The highest BCUT2D eigenvalue weighted by Gasteiger charge is 2.28. The van der Waals surface area contributed by atoms with Crippen LogP contribution in [-0.2, 0) is 0 Å². The molecule has 10 heavy (non-hydrogen) atoms. The summed E-state index contributed by atoms with van der Waals surface area (Å²) in [5.74, 6) is 0. The van der Waals surface area contributed by atoms with Crippen molar-refractivity contribution in [3.05, 3.63) is 0 Å². The average molecular weight is 254 g/mol. The molecule has 0 aliphatic carbocycles. The Morgan fingerprint density at radius 3 is 2.30 bits per heavy atom. The molecule has 60 valence electrons. The molecule has 0 bridgehead atoms. The molecular weight excluding hydrogens is 237 g/mol. The molecule has 0 atom stereocenters. The van der Waals surface area contributed by atoms with Gasteiger partial charge in [0.2, 0.25) is 0 Å². The number of halogens is 1. The van der Waals surface area contributed by atoms with Gasteiger partial charge in [0.25, 0.3) is 0 Å². The van der Waals surface area contributed by atoms with Crippen LogP contribution < -0.4 is 0 Å². The van der Waals surface area contributed by atoms with Crippen LogP contribution in [0.15, 0.2) is 0 Å². The minimum Gasteiger partial charge on any atom is -0.316 e. The van der Waals surface area contributed by atoms with Crippen molar-refractivity contribution in [3.8, 4) is 0 Å². The lowest BCUT2D eigenvalue weighted by atomic mass is 10.4. The van der Waals surface area contributed by atoms with Gasteiger partial charge in [0.1, 0.15) is 4.55 Å². The van der Waals surface area contributed by atoms with E-state index in [1.165, 1.54) is 47.9 Å². The lowest BCUT2D eigenvalue weighted by Gasteiger charge is -2.31. The fraction of sp³-hybridized carbons (Fsp3) is 1.00. The number of hydrogen-bond acceptors (Lipinski definition) is 0. The van der Waals surface area contributed by atoms with Gasteiger partial charge in [-0.15, -0.1) is 0 Å². The molecule has 0 aromatic carbocycles. The topological polar surface area (TPSA) is 0 Å². The predicted octanol–water partition coefficient (Wildman–Crippen LogP) is 2.40. The molecule has 0 spiro atoms. The van der Waals surface area contributed by atoms with Crippen molar-refractivity contribution in [3.63, 3.8) is 0 Å². The molecule has 0 saturated carbocycles. The summed E-state index contributed by atoms with van der Waals surface area (Å²) in [7, 11) is 0. The maximum atomic E-state index is 2.54. The quantitative estimate of drug-likeness (QED) is 0.314. The van der Waals surface area contributed by atoms with Gasteiger partial charge >= 0.3 is 0 Å². The first-order valence-electron chi connectivity index (χ1n) is 4.24. The summed E-state index contributed by atoms with van der Waals surface area (Å²) < 4.78 is 2.72. The molecule has 1 aliphatic rings. The third kappa shape index (κ3) is 1.84. The molecular formula is C8H17IN+. The lowest BCUT2D eigenvalue weighted by Crippen LogP contribution is -2.44. The highest BCUT2D eigenvalue weighted by molar-refractivity contribution is 14.1. The molecule has 0 aromatic rings. The van der Waals surface area contributed by atoms with Crippen molar-refractivity contribution in [2.75, 3.05) is 24.2 Å². The van der Waals surface area contributed by atoms with Gasteiger partial charge in [-0.25, -0.2) is 0 Å². The Bertz CT molecular complexity index is 97.4. The van der Waals surface area contributed by atoms with Gasteiger partial charge in [-0.05, 0) is 29.0 Å². The van der Waals surface area contributed by atoms with Crippen LogP contribution in [0.1, 0.15) is 26.2 Å². The zero-order valence-electron chi connectivity index (χ0n) is 6.77. The van der Waals surface area contributed by atoms with Crippen molar-refractivity contribution in [2.45, 2.75) is 26.2 Å². The Kier molecular flexibility index (Phi) is 3.43. The molecule has 2 heteroatoms. The monoisotopic (exact) mass is 254 g/mol. The van der Waals surface area contributed by atoms with Gasteiger partial charge in [-0.3, -0.25) is 0 Å². The fourth-order valence-electron chi connectivity index (χ4n) is 1.88. The maximum absolute atomic E-state index is 2.54. The molecule has 0 N–H and O–H groups in total. The van der Waals surface area contributed by atoms with E-state index in [2.05, 4.69) is 29.5 Å². The molecule has 0 amide bonds. The third-order valence-electron chi connectivity index (χ3n) is 2.47. The summed E-state index contributed by atoms with van der Waals surface area (Å²) in [6.07, 6.45) is 4.27. The minimum absolute atomic E-state index is 1.32. The Labute approximate surface area is 77.5 Å². The van der Waals surface area contributed by atoms with Crippen molar-refractivity contribution < 1.29 is 4.48 Å². The predicted molar refractivity (Wildman–Crippen MR) is 53.3 cm³/mol. The Morgan fingerprint density at radius 1 is 1.30 bits per heavy atom. The van der Waals surface area contributed by atoms with Gasteiger partial charge < -0.3 is 4.48 Å². The highest BCUT2D eigenvalue weighted by Crippen LogP contribution is 2.21. The van der Waals surface area contributed by atoms with Crippen molar-refractivity contribution in [2.24, 2.45) is 0 Å². The molecule has 1 saturated heterocycles. The van der Waals surface area contributed by atoms with E-state index in [0.29, 0.717) is 0 Å². The number of alkyl halides is 1.